The van der Waals surface area contributed by atoms with Gasteiger partial charge in [-0.1, -0.05) is 6.07 Å². The molecule has 6 heteroatoms. The van der Waals surface area contributed by atoms with Crippen LogP contribution in [0.15, 0.2) is 18.2 Å². The summed E-state index contributed by atoms with van der Waals surface area (Å²) in [4.78, 5) is 13.9. The summed E-state index contributed by atoms with van der Waals surface area (Å²) < 4.78 is 38.4. The van der Waals surface area contributed by atoms with Gasteiger partial charge in [0.15, 0.2) is 6.29 Å². The summed E-state index contributed by atoms with van der Waals surface area (Å²) in [6.45, 7) is 2.00. The largest absolute Gasteiger partial charge is 0.350 e. The van der Waals surface area contributed by atoms with Gasteiger partial charge in [-0.25, -0.2) is 8.78 Å². The monoisotopic (exact) mass is 297 g/mol. The van der Waals surface area contributed by atoms with Gasteiger partial charge >= 0.3 is 0 Å². The highest BCUT2D eigenvalue weighted by Gasteiger charge is 2.34. The van der Waals surface area contributed by atoms with Crippen molar-refractivity contribution in [3.05, 3.63) is 35.4 Å². The van der Waals surface area contributed by atoms with Crippen molar-refractivity contribution in [2.24, 2.45) is 5.92 Å². The first-order chi connectivity index (χ1) is 10.2. The minimum atomic E-state index is -0.824. The molecule has 1 unspecified atom stereocenters. The SMILES string of the molecule is O=C(c1c(F)cccc1F)N1CCCC(C2OCCO2)C1. The molecule has 0 bridgehead atoms. The minimum absolute atomic E-state index is 0.0556. The van der Waals surface area contributed by atoms with Crippen molar-refractivity contribution in [1.29, 1.82) is 0 Å². The number of piperidine rings is 1. The van der Waals surface area contributed by atoms with Crippen molar-refractivity contribution in [3.8, 4) is 0 Å². The number of ether oxygens (including phenoxy) is 2. The molecule has 2 aliphatic rings. The third-order valence-corrected chi connectivity index (χ3v) is 3.95. The maximum atomic E-state index is 13.7. The summed E-state index contributed by atoms with van der Waals surface area (Å²) in [5, 5.41) is 0. The summed E-state index contributed by atoms with van der Waals surface area (Å²) in [5.74, 6) is -2.20. The summed E-state index contributed by atoms with van der Waals surface area (Å²) in [7, 11) is 0. The second kappa shape index (κ2) is 6.07. The lowest BCUT2D eigenvalue weighted by molar-refractivity contribution is -0.0969. The standard InChI is InChI=1S/C15H17F2NO3/c16-11-4-1-5-12(17)13(11)14(19)18-6-2-3-10(9-18)15-20-7-8-21-15/h1,4-5,10,15H,2-3,6-9H2. The van der Waals surface area contributed by atoms with E-state index in [4.69, 9.17) is 9.47 Å². The van der Waals surface area contributed by atoms with Crippen LogP contribution >= 0.6 is 0 Å². The van der Waals surface area contributed by atoms with Crippen molar-refractivity contribution in [1.82, 2.24) is 4.90 Å². The minimum Gasteiger partial charge on any atom is -0.350 e. The van der Waals surface area contributed by atoms with Gasteiger partial charge in [0, 0.05) is 19.0 Å². The molecule has 0 saturated carbocycles. The Hall–Kier alpha value is -1.53. The molecule has 2 aliphatic heterocycles. The van der Waals surface area contributed by atoms with E-state index in [0.717, 1.165) is 25.0 Å². The highest BCUT2D eigenvalue weighted by molar-refractivity contribution is 5.94. The summed E-state index contributed by atoms with van der Waals surface area (Å²) in [6.07, 6.45) is 1.34. The molecule has 0 aromatic heterocycles. The fourth-order valence-electron chi connectivity index (χ4n) is 2.93. The molecule has 2 saturated heterocycles. The first-order valence-corrected chi connectivity index (χ1v) is 7.13. The van der Waals surface area contributed by atoms with Crippen molar-refractivity contribution in [3.63, 3.8) is 0 Å². The fourth-order valence-corrected chi connectivity index (χ4v) is 2.93. The van der Waals surface area contributed by atoms with E-state index in [1.165, 1.54) is 11.0 Å². The second-order valence-corrected chi connectivity index (χ2v) is 5.36. The first-order valence-electron chi connectivity index (χ1n) is 7.13. The Morgan fingerprint density at radius 2 is 1.86 bits per heavy atom. The van der Waals surface area contributed by atoms with Crippen LogP contribution in [0.1, 0.15) is 23.2 Å². The lowest BCUT2D eigenvalue weighted by Crippen LogP contribution is -2.44. The molecule has 2 fully saturated rings. The van der Waals surface area contributed by atoms with Gasteiger partial charge in [0.1, 0.15) is 17.2 Å². The number of halogens is 2. The smallest absolute Gasteiger partial charge is 0.259 e. The molecule has 4 nitrogen and oxygen atoms in total. The van der Waals surface area contributed by atoms with E-state index in [2.05, 4.69) is 0 Å². The number of hydrogen-bond donors (Lipinski definition) is 0. The fraction of sp³-hybridized carbons (Fsp3) is 0.533. The van der Waals surface area contributed by atoms with Crippen LogP contribution in [0.2, 0.25) is 0 Å². The molecule has 0 spiro atoms. The molecule has 1 amide bonds. The lowest BCUT2D eigenvalue weighted by atomic mass is 9.96. The van der Waals surface area contributed by atoms with Crippen LogP contribution in [0.4, 0.5) is 8.78 Å². The maximum Gasteiger partial charge on any atom is 0.259 e. The van der Waals surface area contributed by atoms with E-state index in [9.17, 15) is 13.6 Å². The van der Waals surface area contributed by atoms with Gasteiger partial charge in [-0.05, 0) is 25.0 Å². The molecule has 21 heavy (non-hydrogen) atoms. The molecule has 114 valence electrons. The predicted molar refractivity (Wildman–Crippen MR) is 70.7 cm³/mol. The molecule has 3 rings (SSSR count). The third kappa shape index (κ3) is 2.91. The molecule has 0 aliphatic carbocycles. The van der Waals surface area contributed by atoms with Crippen LogP contribution in [0.3, 0.4) is 0 Å². The molecule has 0 radical (unpaired) electrons. The lowest BCUT2D eigenvalue weighted by Gasteiger charge is -2.34. The van der Waals surface area contributed by atoms with Crippen LogP contribution in [0, 0.1) is 17.6 Å². The van der Waals surface area contributed by atoms with E-state index < -0.39 is 23.1 Å². The average Bonchev–Trinajstić information content (AvgIpc) is 3.01. The van der Waals surface area contributed by atoms with Gasteiger partial charge in [0.25, 0.3) is 5.91 Å². The summed E-state index contributed by atoms with van der Waals surface area (Å²) in [5.41, 5.74) is -0.480. The maximum absolute atomic E-state index is 13.7. The number of amides is 1. The van der Waals surface area contributed by atoms with Gasteiger partial charge < -0.3 is 14.4 Å². The van der Waals surface area contributed by atoms with Crippen molar-refractivity contribution < 1.29 is 23.0 Å². The van der Waals surface area contributed by atoms with Crippen LogP contribution in [-0.4, -0.2) is 43.4 Å². The zero-order chi connectivity index (χ0) is 14.8. The summed E-state index contributed by atoms with van der Waals surface area (Å²) in [6, 6.07) is 3.45. The molecule has 2 heterocycles. The van der Waals surface area contributed by atoms with Gasteiger partial charge in [0.05, 0.1) is 13.2 Å². The van der Waals surface area contributed by atoms with Crippen LogP contribution < -0.4 is 0 Å². The van der Waals surface area contributed by atoms with Gasteiger partial charge in [-0.15, -0.1) is 0 Å². The number of carbonyl (C=O) groups is 1. The number of rotatable bonds is 2. The highest BCUT2D eigenvalue weighted by atomic mass is 19.1. The second-order valence-electron chi connectivity index (χ2n) is 5.36. The number of carbonyl (C=O) groups excluding carboxylic acids is 1. The molecule has 1 aromatic carbocycles. The molecular formula is C15H17F2NO3. The Morgan fingerprint density at radius 1 is 1.19 bits per heavy atom. The molecule has 0 N–H and O–H groups in total. The number of nitrogens with zero attached hydrogens (tertiary/aromatic N) is 1. The molecular weight excluding hydrogens is 280 g/mol. The van der Waals surface area contributed by atoms with Gasteiger partial charge in [-0.2, -0.15) is 0 Å². The summed E-state index contributed by atoms with van der Waals surface area (Å²) >= 11 is 0. The van der Waals surface area contributed by atoms with Crippen molar-refractivity contribution in [2.75, 3.05) is 26.3 Å². The van der Waals surface area contributed by atoms with Crippen LogP contribution in [0.5, 0.6) is 0 Å². The molecule has 1 aromatic rings. The van der Waals surface area contributed by atoms with E-state index in [1.807, 2.05) is 0 Å². The first kappa shape index (κ1) is 14.4. The van der Waals surface area contributed by atoms with E-state index in [0.29, 0.717) is 26.3 Å². The van der Waals surface area contributed by atoms with Crippen molar-refractivity contribution >= 4 is 5.91 Å². The van der Waals surface area contributed by atoms with E-state index >= 15 is 0 Å². The Kier molecular flexibility index (Phi) is 4.17. The zero-order valence-corrected chi connectivity index (χ0v) is 11.6. The Morgan fingerprint density at radius 3 is 2.52 bits per heavy atom. The average molecular weight is 297 g/mol. The Bertz CT molecular complexity index is 511. The van der Waals surface area contributed by atoms with Crippen LogP contribution in [0.25, 0.3) is 0 Å². The number of hydrogen-bond acceptors (Lipinski definition) is 3. The van der Waals surface area contributed by atoms with Crippen LogP contribution in [-0.2, 0) is 9.47 Å². The quantitative estimate of drug-likeness (QED) is 0.840. The van der Waals surface area contributed by atoms with Crippen molar-refractivity contribution in [2.45, 2.75) is 19.1 Å². The van der Waals surface area contributed by atoms with E-state index in [1.54, 1.807) is 0 Å². The number of likely N-dealkylation sites (tertiary alicyclic amines) is 1. The van der Waals surface area contributed by atoms with Gasteiger partial charge in [0.2, 0.25) is 0 Å². The topological polar surface area (TPSA) is 38.8 Å². The third-order valence-electron chi connectivity index (χ3n) is 3.95. The zero-order valence-electron chi connectivity index (χ0n) is 11.6. The normalized spacial score (nSPS) is 23.5. The molecule has 1 atom stereocenters. The van der Waals surface area contributed by atoms with Gasteiger partial charge in [-0.3, -0.25) is 4.79 Å². The number of benzene rings is 1. The Balaban J connectivity index is 1.75. The highest BCUT2D eigenvalue weighted by Crippen LogP contribution is 2.26. The predicted octanol–water partition coefficient (Wildman–Crippen LogP) is 2.19. The Labute approximate surface area is 121 Å². The van der Waals surface area contributed by atoms with E-state index in [-0.39, 0.29) is 12.2 Å².